The number of amides is 2. The highest BCUT2D eigenvalue weighted by Crippen LogP contribution is 2.20. The van der Waals surface area contributed by atoms with E-state index in [4.69, 9.17) is 5.73 Å². The fraction of sp³-hybridized carbons (Fsp3) is 0.263. The molecule has 3 N–H and O–H groups in total. The van der Waals surface area contributed by atoms with Crippen molar-refractivity contribution in [2.24, 2.45) is 5.73 Å². The fourth-order valence-corrected chi connectivity index (χ4v) is 2.61. The topological polar surface area (TPSA) is 72.2 Å². The average molecular weight is 310 g/mol. The van der Waals surface area contributed by atoms with Gasteiger partial charge in [-0.05, 0) is 36.6 Å². The van der Waals surface area contributed by atoms with Crippen LogP contribution in [-0.2, 0) is 4.79 Å². The molecule has 0 aromatic heterocycles. The molecule has 2 atom stereocenters. The van der Waals surface area contributed by atoms with Crippen molar-refractivity contribution in [3.63, 3.8) is 0 Å². The number of hydrogen-bond donors (Lipinski definition) is 2. The first kappa shape index (κ1) is 16.7. The van der Waals surface area contributed by atoms with E-state index in [1.165, 1.54) is 0 Å². The maximum atomic E-state index is 12.5. The Kier molecular flexibility index (Phi) is 5.16. The molecule has 0 aliphatic rings. The van der Waals surface area contributed by atoms with E-state index in [9.17, 15) is 9.59 Å². The van der Waals surface area contributed by atoms with Crippen molar-refractivity contribution in [3.05, 3.63) is 70.8 Å². The van der Waals surface area contributed by atoms with Gasteiger partial charge >= 0.3 is 0 Å². The molecule has 120 valence electrons. The molecule has 2 aromatic carbocycles. The molecule has 2 aromatic rings. The third-order valence-corrected chi connectivity index (χ3v) is 4.27. The minimum absolute atomic E-state index is 0.206. The summed E-state index contributed by atoms with van der Waals surface area (Å²) in [5.74, 6) is -1.03. The summed E-state index contributed by atoms with van der Waals surface area (Å²) < 4.78 is 0. The molecular formula is C19H22N2O2. The Bertz CT molecular complexity index is 711. The van der Waals surface area contributed by atoms with Gasteiger partial charge in [-0.1, -0.05) is 49.4 Å². The van der Waals surface area contributed by atoms with Gasteiger partial charge in [0.1, 0.15) is 6.04 Å². The molecule has 2 amide bonds. The van der Waals surface area contributed by atoms with Gasteiger partial charge in [0.15, 0.2) is 0 Å². The summed E-state index contributed by atoms with van der Waals surface area (Å²) in [7, 11) is 0. The second kappa shape index (κ2) is 7.09. The quantitative estimate of drug-likeness (QED) is 0.891. The minimum atomic E-state index is -0.759. The summed E-state index contributed by atoms with van der Waals surface area (Å²) in [6.07, 6.45) is 0. The molecule has 23 heavy (non-hydrogen) atoms. The zero-order valence-corrected chi connectivity index (χ0v) is 13.7. The molecule has 2 rings (SSSR count). The van der Waals surface area contributed by atoms with Gasteiger partial charge < -0.3 is 11.1 Å². The highest BCUT2D eigenvalue weighted by atomic mass is 16.2. The van der Waals surface area contributed by atoms with Crippen molar-refractivity contribution in [1.82, 2.24) is 5.32 Å². The maximum absolute atomic E-state index is 12.5. The van der Waals surface area contributed by atoms with Crippen LogP contribution in [0.3, 0.4) is 0 Å². The van der Waals surface area contributed by atoms with Crippen molar-refractivity contribution in [1.29, 1.82) is 0 Å². The van der Waals surface area contributed by atoms with Crippen molar-refractivity contribution >= 4 is 11.8 Å². The molecule has 0 saturated heterocycles. The van der Waals surface area contributed by atoms with E-state index in [0.29, 0.717) is 5.56 Å². The average Bonchev–Trinajstić information content (AvgIpc) is 2.55. The van der Waals surface area contributed by atoms with Crippen LogP contribution in [0.25, 0.3) is 0 Å². The monoisotopic (exact) mass is 310 g/mol. The Morgan fingerprint density at radius 3 is 2.26 bits per heavy atom. The zero-order valence-electron chi connectivity index (χ0n) is 13.7. The number of primary amides is 1. The summed E-state index contributed by atoms with van der Waals surface area (Å²) in [6, 6.07) is 14.3. The summed E-state index contributed by atoms with van der Waals surface area (Å²) in [5.41, 5.74) is 8.97. The second-order valence-corrected chi connectivity index (χ2v) is 5.80. The maximum Gasteiger partial charge on any atom is 0.252 e. The summed E-state index contributed by atoms with van der Waals surface area (Å²) >= 11 is 0. The van der Waals surface area contributed by atoms with Crippen LogP contribution in [0.1, 0.15) is 39.9 Å². The Hall–Kier alpha value is -2.62. The fourth-order valence-electron chi connectivity index (χ4n) is 2.61. The summed E-state index contributed by atoms with van der Waals surface area (Å²) in [4.78, 5) is 24.4. The first-order valence-electron chi connectivity index (χ1n) is 7.63. The Morgan fingerprint density at radius 2 is 1.65 bits per heavy atom. The lowest BCUT2D eigenvalue weighted by atomic mass is 9.92. The van der Waals surface area contributed by atoms with Crippen LogP contribution in [0.2, 0.25) is 0 Å². The van der Waals surface area contributed by atoms with E-state index in [1.54, 1.807) is 6.07 Å². The van der Waals surface area contributed by atoms with E-state index in [2.05, 4.69) is 5.32 Å². The number of carbonyl (C=O) groups excluding carboxylic acids is 2. The molecule has 4 nitrogen and oxygen atoms in total. The van der Waals surface area contributed by atoms with Crippen molar-refractivity contribution < 1.29 is 9.59 Å². The van der Waals surface area contributed by atoms with E-state index in [1.807, 2.05) is 63.2 Å². The second-order valence-electron chi connectivity index (χ2n) is 5.80. The van der Waals surface area contributed by atoms with Gasteiger partial charge in [-0.2, -0.15) is 0 Å². The van der Waals surface area contributed by atoms with Gasteiger partial charge in [0.2, 0.25) is 5.91 Å². The molecule has 0 bridgehead atoms. The largest absolute Gasteiger partial charge is 0.368 e. The van der Waals surface area contributed by atoms with Crippen LogP contribution in [0, 0.1) is 13.8 Å². The van der Waals surface area contributed by atoms with Gasteiger partial charge in [-0.3, -0.25) is 9.59 Å². The molecule has 0 saturated carbocycles. The van der Waals surface area contributed by atoms with Crippen LogP contribution in [0.5, 0.6) is 0 Å². The van der Waals surface area contributed by atoms with Crippen molar-refractivity contribution in [2.75, 3.05) is 0 Å². The van der Waals surface area contributed by atoms with Crippen LogP contribution in [0.15, 0.2) is 48.5 Å². The molecule has 0 heterocycles. The normalized spacial score (nSPS) is 13.2. The van der Waals surface area contributed by atoms with Crippen molar-refractivity contribution in [2.45, 2.75) is 32.7 Å². The predicted octanol–water partition coefficient (Wildman–Crippen LogP) is 2.69. The van der Waals surface area contributed by atoms with Gasteiger partial charge in [-0.25, -0.2) is 0 Å². The van der Waals surface area contributed by atoms with E-state index >= 15 is 0 Å². The van der Waals surface area contributed by atoms with Gasteiger partial charge in [0, 0.05) is 11.5 Å². The van der Waals surface area contributed by atoms with Crippen LogP contribution in [0.4, 0.5) is 0 Å². The third-order valence-electron chi connectivity index (χ3n) is 4.27. The van der Waals surface area contributed by atoms with Gasteiger partial charge in [0.05, 0.1) is 0 Å². The lowest BCUT2D eigenvalue weighted by molar-refractivity contribution is -0.120. The minimum Gasteiger partial charge on any atom is -0.368 e. The number of aryl methyl sites for hydroxylation is 1. The zero-order chi connectivity index (χ0) is 17.0. The van der Waals surface area contributed by atoms with E-state index < -0.39 is 11.9 Å². The SMILES string of the molecule is Cc1cccc(C(=O)N[C@H](C(N)=O)[C@H](C)c2ccccc2)c1C. The molecule has 0 aliphatic heterocycles. The number of rotatable bonds is 5. The highest BCUT2D eigenvalue weighted by molar-refractivity contribution is 5.98. The summed E-state index contributed by atoms with van der Waals surface area (Å²) in [6.45, 7) is 5.72. The smallest absolute Gasteiger partial charge is 0.252 e. The number of nitrogens with two attached hydrogens (primary N) is 1. The summed E-state index contributed by atoms with van der Waals surface area (Å²) in [5, 5.41) is 2.79. The van der Waals surface area contributed by atoms with Gasteiger partial charge in [0.25, 0.3) is 5.91 Å². The van der Waals surface area contributed by atoms with E-state index in [-0.39, 0.29) is 11.8 Å². The number of nitrogens with one attached hydrogen (secondary N) is 1. The number of carbonyl (C=O) groups is 2. The Labute approximate surface area is 136 Å². The van der Waals surface area contributed by atoms with Gasteiger partial charge in [-0.15, -0.1) is 0 Å². The standard InChI is InChI=1S/C19H22N2O2/c1-12-8-7-11-16(13(12)2)19(23)21-17(18(20)22)14(3)15-9-5-4-6-10-15/h4-11,14,17H,1-3H3,(H2,20,22)(H,21,23)/t14-,17+/m1/s1. The van der Waals surface area contributed by atoms with Crippen LogP contribution < -0.4 is 11.1 Å². The molecule has 0 aliphatic carbocycles. The predicted molar refractivity (Wildman–Crippen MR) is 91.2 cm³/mol. The highest BCUT2D eigenvalue weighted by Gasteiger charge is 2.26. The Morgan fingerprint density at radius 1 is 1.00 bits per heavy atom. The molecular weight excluding hydrogens is 288 g/mol. The van der Waals surface area contributed by atoms with Crippen molar-refractivity contribution in [3.8, 4) is 0 Å². The number of benzene rings is 2. The first-order valence-corrected chi connectivity index (χ1v) is 7.63. The molecule has 0 fully saturated rings. The third kappa shape index (κ3) is 3.77. The van der Waals surface area contributed by atoms with Crippen LogP contribution in [-0.4, -0.2) is 17.9 Å². The number of hydrogen-bond acceptors (Lipinski definition) is 2. The molecule has 0 radical (unpaired) electrons. The molecule has 0 unspecified atom stereocenters. The lowest BCUT2D eigenvalue weighted by Crippen LogP contribution is -2.47. The lowest BCUT2D eigenvalue weighted by Gasteiger charge is -2.23. The van der Waals surface area contributed by atoms with Crippen LogP contribution >= 0.6 is 0 Å². The van der Waals surface area contributed by atoms with E-state index in [0.717, 1.165) is 16.7 Å². The molecule has 4 heteroatoms. The Balaban J connectivity index is 2.24. The first-order chi connectivity index (χ1) is 10.9. The molecule has 0 spiro atoms.